The van der Waals surface area contributed by atoms with E-state index >= 15 is 0 Å². The van der Waals surface area contributed by atoms with Gasteiger partial charge in [-0.1, -0.05) is 12.8 Å². The first-order valence-electron chi connectivity index (χ1n) is 4.87. The summed E-state index contributed by atoms with van der Waals surface area (Å²) in [6, 6.07) is 0. The molecule has 1 heterocycles. The molecular weight excluding hydrogens is 192 g/mol. The van der Waals surface area contributed by atoms with Gasteiger partial charge in [0.1, 0.15) is 5.82 Å². The maximum Gasteiger partial charge on any atom is 0.291 e. The Kier molecular flexibility index (Phi) is 4.35. The average Bonchev–Trinajstić information content (AvgIpc) is 2.67. The van der Waals surface area contributed by atoms with Crippen LogP contribution in [-0.2, 0) is 6.42 Å². The molecule has 1 aromatic heterocycles. The summed E-state index contributed by atoms with van der Waals surface area (Å²) in [6.07, 6.45) is 1.77. The highest BCUT2D eigenvalue weighted by atomic mass is 16.2. The van der Waals surface area contributed by atoms with E-state index in [2.05, 4.69) is 32.3 Å². The van der Waals surface area contributed by atoms with Crippen molar-refractivity contribution in [1.29, 1.82) is 0 Å². The Hall–Kier alpha value is -1.83. The molecule has 0 bridgehead atoms. The van der Waals surface area contributed by atoms with E-state index in [4.69, 9.17) is 0 Å². The first kappa shape index (κ1) is 11.2. The molecule has 1 amide bonds. The second kappa shape index (κ2) is 5.81. The Morgan fingerprint density at radius 2 is 2.40 bits per heavy atom. The van der Waals surface area contributed by atoms with Gasteiger partial charge in [-0.25, -0.2) is 4.98 Å². The predicted octanol–water partition coefficient (Wildman–Crippen LogP) is 0.510. The average molecular weight is 206 g/mol. The van der Waals surface area contributed by atoms with Gasteiger partial charge in [0.05, 0.1) is 6.54 Å². The van der Waals surface area contributed by atoms with Crippen LogP contribution in [0.4, 0.5) is 0 Å². The number of amides is 1. The van der Waals surface area contributed by atoms with Crippen LogP contribution in [0.5, 0.6) is 0 Å². The summed E-state index contributed by atoms with van der Waals surface area (Å²) in [7, 11) is 0. The first-order valence-corrected chi connectivity index (χ1v) is 4.87. The van der Waals surface area contributed by atoms with Crippen molar-refractivity contribution in [3.05, 3.63) is 11.6 Å². The van der Waals surface area contributed by atoms with E-state index in [1.807, 2.05) is 6.92 Å². The van der Waals surface area contributed by atoms with Crippen LogP contribution >= 0.6 is 0 Å². The number of H-pyrrole nitrogens is 1. The number of nitrogens with zero attached hydrogens (tertiary/aromatic N) is 2. The molecule has 0 radical (unpaired) electrons. The zero-order valence-corrected chi connectivity index (χ0v) is 8.92. The maximum absolute atomic E-state index is 11.4. The number of hydrogen-bond donors (Lipinski definition) is 2. The number of carbonyl (C=O) groups is 1. The molecule has 2 N–H and O–H groups in total. The smallest absolute Gasteiger partial charge is 0.291 e. The molecule has 1 aromatic rings. The van der Waals surface area contributed by atoms with Crippen molar-refractivity contribution in [3.8, 4) is 11.8 Å². The lowest BCUT2D eigenvalue weighted by Gasteiger charge is -1.94. The summed E-state index contributed by atoms with van der Waals surface area (Å²) >= 11 is 0. The third-order valence-electron chi connectivity index (χ3n) is 1.74. The molecule has 0 saturated carbocycles. The first-order chi connectivity index (χ1) is 7.27. The third-order valence-corrected chi connectivity index (χ3v) is 1.74. The lowest BCUT2D eigenvalue weighted by molar-refractivity contribution is 0.0948. The maximum atomic E-state index is 11.4. The van der Waals surface area contributed by atoms with Crippen LogP contribution in [-0.4, -0.2) is 27.6 Å². The molecule has 0 fully saturated rings. The number of carbonyl (C=O) groups excluding carboxylic acids is 1. The summed E-state index contributed by atoms with van der Waals surface area (Å²) < 4.78 is 0. The monoisotopic (exact) mass is 206 g/mol. The van der Waals surface area contributed by atoms with Gasteiger partial charge in [0.25, 0.3) is 5.91 Å². The van der Waals surface area contributed by atoms with Gasteiger partial charge in [-0.3, -0.25) is 9.89 Å². The minimum absolute atomic E-state index is 0.177. The van der Waals surface area contributed by atoms with Crippen LogP contribution in [0, 0.1) is 11.8 Å². The Bertz CT molecular complexity index is 386. The number of nitrogens with one attached hydrogen (secondary N) is 2. The van der Waals surface area contributed by atoms with Crippen molar-refractivity contribution in [1.82, 2.24) is 20.5 Å². The number of rotatable bonds is 4. The minimum atomic E-state index is -0.295. The van der Waals surface area contributed by atoms with Gasteiger partial charge in [-0.15, -0.1) is 11.0 Å². The zero-order chi connectivity index (χ0) is 11.1. The molecule has 5 nitrogen and oxygen atoms in total. The number of aromatic amines is 1. The molecule has 15 heavy (non-hydrogen) atoms. The van der Waals surface area contributed by atoms with E-state index in [1.165, 1.54) is 0 Å². The SMILES string of the molecule is CC#CCNC(=O)c1n[nH]c(CCC)n1. The Labute approximate surface area is 88.7 Å². The van der Waals surface area contributed by atoms with Crippen molar-refractivity contribution >= 4 is 5.91 Å². The van der Waals surface area contributed by atoms with E-state index < -0.39 is 0 Å². The van der Waals surface area contributed by atoms with E-state index in [0.717, 1.165) is 18.7 Å². The number of hydrogen-bond acceptors (Lipinski definition) is 3. The highest BCUT2D eigenvalue weighted by molar-refractivity contribution is 5.90. The normalized spacial score (nSPS) is 9.20. The van der Waals surface area contributed by atoms with E-state index in [-0.39, 0.29) is 11.7 Å². The standard InChI is InChI=1S/C10H14N4O/c1-3-5-7-11-10(15)9-12-8(6-4-2)13-14-9/h4,6-7H2,1-2H3,(H,11,15)(H,12,13,14). The summed E-state index contributed by atoms with van der Waals surface area (Å²) in [5.74, 6) is 6.04. The van der Waals surface area contributed by atoms with Crippen LogP contribution in [0.25, 0.3) is 0 Å². The fraction of sp³-hybridized carbons (Fsp3) is 0.500. The Balaban J connectivity index is 2.52. The van der Waals surface area contributed by atoms with Gasteiger partial charge in [0.2, 0.25) is 5.82 Å². The minimum Gasteiger partial charge on any atom is -0.338 e. The zero-order valence-electron chi connectivity index (χ0n) is 8.92. The van der Waals surface area contributed by atoms with Crippen molar-refractivity contribution in [2.45, 2.75) is 26.7 Å². The van der Waals surface area contributed by atoms with E-state index in [9.17, 15) is 4.79 Å². The summed E-state index contributed by atoms with van der Waals surface area (Å²) in [5.41, 5.74) is 0. The van der Waals surface area contributed by atoms with Gasteiger partial charge in [0.15, 0.2) is 0 Å². The van der Waals surface area contributed by atoms with Crippen molar-refractivity contribution in [3.63, 3.8) is 0 Å². The lowest BCUT2D eigenvalue weighted by Crippen LogP contribution is -2.24. The highest BCUT2D eigenvalue weighted by Crippen LogP contribution is 1.96. The molecule has 0 aliphatic rings. The third kappa shape index (κ3) is 3.43. The Morgan fingerprint density at radius 1 is 1.60 bits per heavy atom. The molecule has 0 aliphatic carbocycles. The van der Waals surface area contributed by atoms with Crippen LogP contribution in [0.15, 0.2) is 0 Å². The molecular formula is C10H14N4O. The van der Waals surface area contributed by atoms with Gasteiger partial charge >= 0.3 is 0 Å². The molecule has 0 aromatic carbocycles. The van der Waals surface area contributed by atoms with Gasteiger partial charge in [0, 0.05) is 6.42 Å². The number of aromatic nitrogens is 3. The van der Waals surface area contributed by atoms with Gasteiger partial charge in [-0.05, 0) is 13.3 Å². The van der Waals surface area contributed by atoms with Crippen LogP contribution in [0.1, 0.15) is 36.7 Å². The Morgan fingerprint density at radius 3 is 3.07 bits per heavy atom. The largest absolute Gasteiger partial charge is 0.338 e. The molecule has 0 unspecified atom stereocenters. The second-order valence-electron chi connectivity index (χ2n) is 2.97. The fourth-order valence-corrected chi connectivity index (χ4v) is 1.04. The highest BCUT2D eigenvalue weighted by Gasteiger charge is 2.10. The molecule has 80 valence electrons. The second-order valence-corrected chi connectivity index (χ2v) is 2.97. The van der Waals surface area contributed by atoms with Crippen LogP contribution < -0.4 is 5.32 Å². The summed E-state index contributed by atoms with van der Waals surface area (Å²) in [4.78, 5) is 15.5. The molecule has 0 atom stereocenters. The van der Waals surface area contributed by atoms with Crippen LogP contribution in [0.2, 0.25) is 0 Å². The van der Waals surface area contributed by atoms with Crippen LogP contribution in [0.3, 0.4) is 0 Å². The lowest BCUT2D eigenvalue weighted by atomic mass is 10.3. The molecule has 0 aliphatic heterocycles. The van der Waals surface area contributed by atoms with Gasteiger partial charge in [-0.2, -0.15) is 0 Å². The molecule has 0 saturated heterocycles. The summed E-state index contributed by atoms with van der Waals surface area (Å²) in [6.45, 7) is 4.09. The van der Waals surface area contributed by atoms with E-state index in [1.54, 1.807) is 6.92 Å². The van der Waals surface area contributed by atoms with E-state index in [0.29, 0.717) is 6.54 Å². The quantitative estimate of drug-likeness (QED) is 0.705. The molecule has 5 heteroatoms. The van der Waals surface area contributed by atoms with Crippen molar-refractivity contribution in [2.75, 3.05) is 6.54 Å². The molecule has 1 rings (SSSR count). The summed E-state index contributed by atoms with van der Waals surface area (Å²) in [5, 5.41) is 9.13. The topological polar surface area (TPSA) is 70.7 Å². The van der Waals surface area contributed by atoms with Crippen molar-refractivity contribution in [2.24, 2.45) is 0 Å². The van der Waals surface area contributed by atoms with Gasteiger partial charge < -0.3 is 5.32 Å². The fourth-order valence-electron chi connectivity index (χ4n) is 1.04. The predicted molar refractivity (Wildman–Crippen MR) is 56.2 cm³/mol. The number of aryl methyl sites for hydroxylation is 1. The van der Waals surface area contributed by atoms with Crippen molar-refractivity contribution < 1.29 is 4.79 Å². The molecule has 0 spiro atoms.